The first-order valence-electron chi connectivity index (χ1n) is 4.05. The maximum atomic E-state index is 10.9. The zero-order chi connectivity index (χ0) is 10.3. The first-order valence-corrected chi connectivity index (χ1v) is 6.11. The lowest BCUT2D eigenvalue weighted by Crippen LogP contribution is -2.30. The highest BCUT2D eigenvalue weighted by Crippen LogP contribution is 1.81. The lowest BCUT2D eigenvalue weighted by atomic mass is 10.4. The van der Waals surface area contributed by atoms with Gasteiger partial charge in [-0.05, 0) is 7.05 Å². The fraction of sp³-hybridized carbons (Fsp3) is 0.857. The lowest BCUT2D eigenvalue weighted by Gasteiger charge is -2.03. The summed E-state index contributed by atoms with van der Waals surface area (Å²) in [5, 5.41) is 5.34. The molecule has 0 aromatic carbocycles. The highest BCUT2D eigenvalue weighted by Gasteiger charge is 2.03. The Hall–Kier alpha value is -0.620. The molecular weight excluding hydrogens is 192 g/mol. The van der Waals surface area contributed by atoms with Crippen molar-refractivity contribution >= 4 is 15.7 Å². The van der Waals surface area contributed by atoms with Crippen LogP contribution in [-0.2, 0) is 14.6 Å². The molecule has 0 heterocycles. The van der Waals surface area contributed by atoms with E-state index in [-0.39, 0.29) is 18.2 Å². The number of sulfone groups is 1. The van der Waals surface area contributed by atoms with Gasteiger partial charge >= 0.3 is 0 Å². The SMILES string of the molecule is CNCCC(=O)NCCS(C)(=O)=O. The van der Waals surface area contributed by atoms with Gasteiger partial charge in [-0.15, -0.1) is 0 Å². The van der Waals surface area contributed by atoms with Gasteiger partial charge in [0.1, 0.15) is 9.84 Å². The van der Waals surface area contributed by atoms with E-state index in [1.54, 1.807) is 7.05 Å². The van der Waals surface area contributed by atoms with Crippen molar-refractivity contribution in [2.45, 2.75) is 6.42 Å². The largest absolute Gasteiger partial charge is 0.355 e. The Morgan fingerprint density at radius 1 is 1.31 bits per heavy atom. The number of carbonyl (C=O) groups excluding carboxylic acids is 1. The molecule has 0 radical (unpaired) electrons. The molecule has 5 nitrogen and oxygen atoms in total. The molecule has 0 aliphatic heterocycles. The summed E-state index contributed by atoms with van der Waals surface area (Å²) in [5.74, 6) is -0.129. The second-order valence-electron chi connectivity index (χ2n) is 2.83. The molecule has 78 valence electrons. The topological polar surface area (TPSA) is 75.3 Å². The zero-order valence-electron chi connectivity index (χ0n) is 7.96. The molecule has 0 saturated heterocycles. The van der Waals surface area contributed by atoms with E-state index in [0.29, 0.717) is 13.0 Å². The van der Waals surface area contributed by atoms with Crippen LogP contribution in [0.5, 0.6) is 0 Å². The summed E-state index contributed by atoms with van der Waals surface area (Å²) >= 11 is 0. The van der Waals surface area contributed by atoms with Gasteiger partial charge in [0.25, 0.3) is 0 Å². The summed E-state index contributed by atoms with van der Waals surface area (Å²) in [4.78, 5) is 10.9. The average Bonchev–Trinajstić information content (AvgIpc) is 1.98. The summed E-state index contributed by atoms with van der Waals surface area (Å²) in [6, 6.07) is 0. The monoisotopic (exact) mass is 208 g/mol. The Morgan fingerprint density at radius 3 is 2.38 bits per heavy atom. The minimum Gasteiger partial charge on any atom is -0.355 e. The van der Waals surface area contributed by atoms with Crippen molar-refractivity contribution in [2.75, 3.05) is 32.1 Å². The fourth-order valence-electron chi connectivity index (χ4n) is 0.703. The molecule has 0 spiro atoms. The normalized spacial score (nSPS) is 11.2. The molecule has 0 unspecified atom stereocenters. The summed E-state index contributed by atoms with van der Waals surface area (Å²) in [6.07, 6.45) is 1.52. The van der Waals surface area contributed by atoms with E-state index in [0.717, 1.165) is 6.26 Å². The van der Waals surface area contributed by atoms with Crippen molar-refractivity contribution in [3.63, 3.8) is 0 Å². The Morgan fingerprint density at radius 2 is 1.92 bits per heavy atom. The number of rotatable bonds is 6. The van der Waals surface area contributed by atoms with Gasteiger partial charge in [0.15, 0.2) is 0 Å². The maximum Gasteiger partial charge on any atom is 0.221 e. The minimum absolute atomic E-state index is 0.00169. The Balaban J connectivity index is 3.49. The van der Waals surface area contributed by atoms with Crippen molar-refractivity contribution in [1.29, 1.82) is 0 Å². The molecule has 0 aromatic rings. The van der Waals surface area contributed by atoms with E-state index in [1.165, 1.54) is 0 Å². The van der Waals surface area contributed by atoms with E-state index in [4.69, 9.17) is 0 Å². The van der Waals surface area contributed by atoms with E-state index in [1.807, 2.05) is 0 Å². The number of hydrogen-bond donors (Lipinski definition) is 2. The Bertz CT molecular complexity index is 248. The zero-order valence-corrected chi connectivity index (χ0v) is 8.78. The van der Waals surface area contributed by atoms with Crippen molar-refractivity contribution in [1.82, 2.24) is 10.6 Å². The molecule has 2 N–H and O–H groups in total. The summed E-state index contributed by atoms with van der Waals surface area (Å²) in [7, 11) is -1.22. The van der Waals surface area contributed by atoms with Crippen molar-refractivity contribution in [2.24, 2.45) is 0 Å². The Kier molecular flexibility index (Phi) is 5.65. The summed E-state index contributed by atoms with van der Waals surface area (Å²) in [6.45, 7) is 0.798. The third-order valence-corrected chi connectivity index (χ3v) is 2.34. The smallest absolute Gasteiger partial charge is 0.221 e. The molecule has 0 aliphatic carbocycles. The predicted molar refractivity (Wildman–Crippen MR) is 51.3 cm³/mol. The molecule has 13 heavy (non-hydrogen) atoms. The highest BCUT2D eigenvalue weighted by atomic mass is 32.2. The van der Waals surface area contributed by atoms with Crippen molar-refractivity contribution in [3.8, 4) is 0 Å². The maximum absolute atomic E-state index is 10.9. The molecule has 0 aliphatic rings. The van der Waals surface area contributed by atoms with Gasteiger partial charge < -0.3 is 10.6 Å². The van der Waals surface area contributed by atoms with Crippen LogP contribution < -0.4 is 10.6 Å². The molecule has 0 saturated carbocycles. The van der Waals surface area contributed by atoms with Crippen LogP contribution in [0.3, 0.4) is 0 Å². The minimum atomic E-state index is -2.97. The second kappa shape index (κ2) is 5.93. The predicted octanol–water partition coefficient (Wildman–Crippen LogP) is -1.24. The molecule has 0 atom stereocenters. The summed E-state index contributed by atoms with van der Waals surface area (Å²) in [5.41, 5.74) is 0. The molecule has 0 aromatic heterocycles. The van der Waals surface area contributed by atoms with E-state index < -0.39 is 9.84 Å². The first kappa shape index (κ1) is 12.4. The van der Waals surface area contributed by atoms with Crippen molar-refractivity contribution < 1.29 is 13.2 Å². The van der Waals surface area contributed by atoms with Gasteiger partial charge in [-0.2, -0.15) is 0 Å². The molecule has 6 heteroatoms. The van der Waals surface area contributed by atoms with Crippen LogP contribution in [0.15, 0.2) is 0 Å². The number of nitrogens with one attached hydrogen (secondary N) is 2. The Labute approximate surface area is 78.8 Å². The number of carbonyl (C=O) groups is 1. The van der Waals surface area contributed by atoms with Crippen LogP contribution in [0.1, 0.15) is 6.42 Å². The van der Waals surface area contributed by atoms with Crippen molar-refractivity contribution in [3.05, 3.63) is 0 Å². The van der Waals surface area contributed by atoms with Crippen LogP contribution in [0, 0.1) is 0 Å². The lowest BCUT2D eigenvalue weighted by molar-refractivity contribution is -0.120. The van der Waals surface area contributed by atoms with Gasteiger partial charge in [0, 0.05) is 25.8 Å². The van der Waals surface area contributed by atoms with Gasteiger partial charge in [-0.1, -0.05) is 0 Å². The fourth-order valence-corrected chi connectivity index (χ4v) is 1.18. The third-order valence-electron chi connectivity index (χ3n) is 1.40. The average molecular weight is 208 g/mol. The molecule has 0 rings (SSSR count). The van der Waals surface area contributed by atoms with Gasteiger partial charge in [-0.25, -0.2) is 8.42 Å². The first-order chi connectivity index (χ1) is 5.95. The standard InChI is InChI=1S/C7H16N2O3S/c1-8-4-3-7(10)9-5-6-13(2,11)12/h8H,3-6H2,1-2H3,(H,9,10). The van der Waals surface area contributed by atoms with Crippen LogP contribution in [0.25, 0.3) is 0 Å². The molecule has 1 amide bonds. The molecule has 0 fully saturated rings. The van der Waals surface area contributed by atoms with Gasteiger partial charge in [0.2, 0.25) is 5.91 Å². The summed E-state index contributed by atoms with van der Waals surface area (Å²) < 4.78 is 21.3. The van der Waals surface area contributed by atoms with Crippen LogP contribution in [-0.4, -0.2) is 46.5 Å². The van der Waals surface area contributed by atoms with Crippen LogP contribution in [0.4, 0.5) is 0 Å². The third kappa shape index (κ3) is 9.29. The van der Waals surface area contributed by atoms with E-state index in [2.05, 4.69) is 10.6 Å². The molecule has 0 bridgehead atoms. The van der Waals surface area contributed by atoms with Crippen LogP contribution in [0.2, 0.25) is 0 Å². The van der Waals surface area contributed by atoms with Gasteiger partial charge in [-0.3, -0.25) is 4.79 Å². The van der Waals surface area contributed by atoms with Crippen LogP contribution >= 0.6 is 0 Å². The number of amides is 1. The highest BCUT2D eigenvalue weighted by molar-refractivity contribution is 7.90. The molecular formula is C7H16N2O3S. The van der Waals surface area contributed by atoms with E-state index >= 15 is 0 Å². The second-order valence-corrected chi connectivity index (χ2v) is 5.09. The number of hydrogen-bond acceptors (Lipinski definition) is 4. The van der Waals surface area contributed by atoms with E-state index in [9.17, 15) is 13.2 Å². The van der Waals surface area contributed by atoms with Gasteiger partial charge in [0.05, 0.1) is 5.75 Å². The quantitative estimate of drug-likeness (QED) is 0.572.